The number of thioether (sulfide) groups is 1. The van der Waals surface area contributed by atoms with Crippen molar-refractivity contribution in [2.24, 2.45) is 0 Å². The lowest BCUT2D eigenvalue weighted by atomic mass is 10.0. The summed E-state index contributed by atoms with van der Waals surface area (Å²) in [5.41, 5.74) is 1.69. The number of hydrogen-bond acceptors (Lipinski definition) is 4. The van der Waals surface area contributed by atoms with Crippen LogP contribution >= 0.6 is 11.8 Å². The first-order chi connectivity index (χ1) is 11.2. The summed E-state index contributed by atoms with van der Waals surface area (Å²) in [4.78, 5) is 16.5. The molecule has 4 rings (SSSR count). The SMILES string of the molecule is CC(=O)OC1(c2ccccc2)C=CSc2nc3ccccc3n21. The van der Waals surface area contributed by atoms with Gasteiger partial charge in [0.15, 0.2) is 5.16 Å². The number of esters is 1. The lowest BCUT2D eigenvalue weighted by molar-refractivity contribution is -0.156. The normalized spacial score (nSPS) is 19.5. The summed E-state index contributed by atoms with van der Waals surface area (Å²) in [5, 5.41) is 2.73. The molecule has 0 spiro atoms. The highest BCUT2D eigenvalue weighted by Gasteiger charge is 2.40. The number of para-hydroxylation sites is 2. The van der Waals surface area contributed by atoms with Crippen LogP contribution < -0.4 is 0 Å². The van der Waals surface area contributed by atoms with Gasteiger partial charge in [-0.1, -0.05) is 54.2 Å². The molecule has 0 aliphatic carbocycles. The Balaban J connectivity index is 2.06. The number of fused-ring (bicyclic) bond motifs is 3. The summed E-state index contributed by atoms with van der Waals surface area (Å²) in [6, 6.07) is 17.6. The van der Waals surface area contributed by atoms with Crippen molar-refractivity contribution in [2.75, 3.05) is 0 Å². The van der Waals surface area contributed by atoms with Crippen molar-refractivity contribution < 1.29 is 9.53 Å². The molecule has 0 radical (unpaired) electrons. The van der Waals surface area contributed by atoms with Gasteiger partial charge in [-0.15, -0.1) is 0 Å². The lowest BCUT2D eigenvalue weighted by Gasteiger charge is -2.35. The number of hydrogen-bond donors (Lipinski definition) is 0. The topological polar surface area (TPSA) is 44.1 Å². The third kappa shape index (κ3) is 2.16. The number of imidazole rings is 1. The maximum absolute atomic E-state index is 11.9. The van der Waals surface area contributed by atoms with Crippen molar-refractivity contribution in [3.8, 4) is 0 Å². The number of ether oxygens (including phenoxy) is 1. The Hall–Kier alpha value is -2.53. The molecule has 1 unspecified atom stereocenters. The number of aromatic nitrogens is 2. The van der Waals surface area contributed by atoms with Crippen LogP contribution in [0.15, 0.2) is 71.2 Å². The number of carbonyl (C=O) groups excluding carboxylic acids is 1. The fourth-order valence-electron chi connectivity index (χ4n) is 2.93. The number of rotatable bonds is 2. The highest BCUT2D eigenvalue weighted by Crippen LogP contribution is 2.41. The Kier molecular flexibility index (Phi) is 3.23. The molecular formula is C18H14N2O2S. The molecule has 0 N–H and O–H groups in total. The average molecular weight is 322 g/mol. The third-order valence-electron chi connectivity index (χ3n) is 3.82. The fraction of sp³-hybridized carbons (Fsp3) is 0.111. The minimum absolute atomic E-state index is 0.339. The van der Waals surface area contributed by atoms with Gasteiger partial charge in [0.2, 0.25) is 5.72 Å². The van der Waals surface area contributed by atoms with Gasteiger partial charge < -0.3 is 4.74 Å². The largest absolute Gasteiger partial charge is 0.430 e. The molecule has 1 aliphatic heterocycles. The Morgan fingerprint density at radius 2 is 1.87 bits per heavy atom. The summed E-state index contributed by atoms with van der Waals surface area (Å²) in [6.45, 7) is 1.43. The summed E-state index contributed by atoms with van der Waals surface area (Å²) >= 11 is 1.52. The maximum Gasteiger partial charge on any atom is 0.305 e. The van der Waals surface area contributed by atoms with Crippen molar-refractivity contribution in [3.05, 3.63) is 71.6 Å². The zero-order valence-corrected chi connectivity index (χ0v) is 13.3. The number of nitrogens with zero attached hydrogens (tertiary/aromatic N) is 2. The molecule has 23 heavy (non-hydrogen) atoms. The van der Waals surface area contributed by atoms with E-state index in [1.807, 2.05) is 70.6 Å². The smallest absolute Gasteiger partial charge is 0.305 e. The van der Waals surface area contributed by atoms with Crippen LogP contribution in [-0.2, 0) is 15.3 Å². The Morgan fingerprint density at radius 1 is 1.13 bits per heavy atom. The van der Waals surface area contributed by atoms with E-state index in [2.05, 4.69) is 4.98 Å². The fourth-order valence-corrected chi connectivity index (χ4v) is 3.79. The summed E-state index contributed by atoms with van der Waals surface area (Å²) < 4.78 is 7.83. The molecule has 4 nitrogen and oxygen atoms in total. The van der Waals surface area contributed by atoms with Crippen LogP contribution in [0.1, 0.15) is 12.5 Å². The van der Waals surface area contributed by atoms with Crippen molar-refractivity contribution >= 4 is 28.8 Å². The van der Waals surface area contributed by atoms with Crippen LogP contribution in [0.25, 0.3) is 11.0 Å². The van der Waals surface area contributed by atoms with E-state index in [1.54, 1.807) is 0 Å². The molecule has 1 atom stereocenters. The van der Waals surface area contributed by atoms with Crippen molar-refractivity contribution in [1.82, 2.24) is 9.55 Å². The standard InChI is InChI=1S/C18H14N2O2S/c1-13(21)22-18(14-7-3-2-4-8-14)11-12-23-17-19-15-9-5-6-10-16(15)20(17)18/h2-12H,1H3. The second-order valence-electron chi connectivity index (χ2n) is 5.30. The zero-order chi connectivity index (χ0) is 15.9. The minimum atomic E-state index is -1.01. The first kappa shape index (κ1) is 14.1. The van der Waals surface area contributed by atoms with Gasteiger partial charge >= 0.3 is 5.97 Å². The average Bonchev–Trinajstić information content (AvgIpc) is 2.95. The van der Waals surface area contributed by atoms with Crippen molar-refractivity contribution in [1.29, 1.82) is 0 Å². The molecule has 5 heteroatoms. The molecule has 0 saturated heterocycles. The minimum Gasteiger partial charge on any atom is -0.430 e. The highest BCUT2D eigenvalue weighted by molar-refractivity contribution is 8.02. The Bertz CT molecular complexity index is 917. The van der Waals surface area contributed by atoms with Crippen molar-refractivity contribution in [2.45, 2.75) is 17.8 Å². The molecule has 114 valence electrons. The van der Waals surface area contributed by atoms with Gasteiger partial charge in [0.25, 0.3) is 0 Å². The van der Waals surface area contributed by atoms with Gasteiger partial charge in [-0.05, 0) is 23.6 Å². The van der Waals surface area contributed by atoms with E-state index in [1.165, 1.54) is 18.7 Å². The van der Waals surface area contributed by atoms with Crippen molar-refractivity contribution in [3.63, 3.8) is 0 Å². The van der Waals surface area contributed by atoms with Crippen LogP contribution in [0.4, 0.5) is 0 Å². The lowest BCUT2D eigenvalue weighted by Crippen LogP contribution is -2.39. The quantitative estimate of drug-likeness (QED) is 0.671. The molecule has 1 aliphatic rings. The van der Waals surface area contributed by atoms with Gasteiger partial charge in [-0.3, -0.25) is 9.36 Å². The third-order valence-corrected chi connectivity index (χ3v) is 4.57. The predicted octanol–water partition coefficient (Wildman–Crippen LogP) is 3.92. The highest BCUT2D eigenvalue weighted by atomic mass is 32.2. The first-order valence-electron chi connectivity index (χ1n) is 7.28. The summed E-state index contributed by atoms with van der Waals surface area (Å²) in [7, 11) is 0. The molecule has 0 fully saturated rings. The van der Waals surface area contributed by atoms with Crippen LogP contribution in [0.3, 0.4) is 0 Å². The van der Waals surface area contributed by atoms with Crippen LogP contribution in [0, 0.1) is 0 Å². The van der Waals surface area contributed by atoms with Crippen LogP contribution in [0.2, 0.25) is 0 Å². The van der Waals surface area contributed by atoms with E-state index >= 15 is 0 Å². The van der Waals surface area contributed by atoms with E-state index in [0.29, 0.717) is 0 Å². The predicted molar refractivity (Wildman–Crippen MR) is 90.0 cm³/mol. The molecule has 2 heterocycles. The molecule has 0 amide bonds. The molecule has 0 saturated carbocycles. The van der Waals surface area contributed by atoms with E-state index in [9.17, 15) is 4.79 Å². The van der Waals surface area contributed by atoms with E-state index in [0.717, 1.165) is 21.8 Å². The molecule has 1 aromatic heterocycles. The molecular weight excluding hydrogens is 308 g/mol. The second kappa shape index (κ2) is 5.28. The summed E-state index contributed by atoms with van der Waals surface area (Å²) in [6.07, 6.45) is 1.91. The molecule has 3 aromatic rings. The van der Waals surface area contributed by atoms with Crippen LogP contribution in [0.5, 0.6) is 0 Å². The van der Waals surface area contributed by atoms with Gasteiger partial charge in [0.05, 0.1) is 11.0 Å². The second-order valence-corrected chi connectivity index (χ2v) is 6.17. The van der Waals surface area contributed by atoms with Gasteiger partial charge in [-0.2, -0.15) is 0 Å². The van der Waals surface area contributed by atoms with E-state index in [-0.39, 0.29) is 5.97 Å². The molecule has 2 aromatic carbocycles. The summed E-state index contributed by atoms with van der Waals surface area (Å²) in [5.74, 6) is -0.339. The Labute approximate surface area is 137 Å². The number of benzene rings is 2. The Morgan fingerprint density at radius 3 is 2.65 bits per heavy atom. The van der Waals surface area contributed by atoms with E-state index in [4.69, 9.17) is 4.74 Å². The zero-order valence-electron chi connectivity index (χ0n) is 12.5. The van der Waals surface area contributed by atoms with Gasteiger partial charge in [0.1, 0.15) is 0 Å². The molecule has 0 bridgehead atoms. The number of carbonyl (C=O) groups is 1. The van der Waals surface area contributed by atoms with Crippen LogP contribution in [-0.4, -0.2) is 15.5 Å². The monoisotopic (exact) mass is 322 g/mol. The van der Waals surface area contributed by atoms with Gasteiger partial charge in [-0.25, -0.2) is 4.98 Å². The van der Waals surface area contributed by atoms with Gasteiger partial charge in [0, 0.05) is 12.5 Å². The maximum atomic E-state index is 11.9. The van der Waals surface area contributed by atoms with E-state index < -0.39 is 5.72 Å². The first-order valence-corrected chi connectivity index (χ1v) is 8.16.